The maximum absolute atomic E-state index is 11.6. The van der Waals surface area contributed by atoms with Gasteiger partial charge < -0.3 is 4.74 Å². The molecule has 3 saturated carbocycles. The third-order valence-corrected chi connectivity index (χ3v) is 9.65. The molecule has 2 nitrogen and oxygen atoms in total. The predicted molar refractivity (Wildman–Crippen MR) is 107 cm³/mol. The van der Waals surface area contributed by atoms with E-state index in [-0.39, 0.29) is 5.97 Å². The van der Waals surface area contributed by atoms with E-state index in [9.17, 15) is 4.79 Å². The van der Waals surface area contributed by atoms with Crippen LogP contribution in [0.25, 0.3) is 0 Å². The first kappa shape index (κ1) is 17.4. The third-order valence-electron chi connectivity index (χ3n) is 9.21. The van der Waals surface area contributed by atoms with Gasteiger partial charge in [0.25, 0.3) is 0 Å². The van der Waals surface area contributed by atoms with Gasteiger partial charge in [-0.25, -0.2) is 4.79 Å². The molecular formula is C23H32O2S. The molecule has 0 spiro atoms. The molecule has 1 aliphatic heterocycles. The zero-order valence-electron chi connectivity index (χ0n) is 16.2. The molecule has 0 aromatic rings. The van der Waals surface area contributed by atoms with Gasteiger partial charge in [0.2, 0.25) is 0 Å². The van der Waals surface area contributed by atoms with Crippen LogP contribution in [0.15, 0.2) is 23.3 Å². The van der Waals surface area contributed by atoms with Crippen LogP contribution in [0, 0.1) is 34.5 Å². The van der Waals surface area contributed by atoms with Crippen molar-refractivity contribution in [3.8, 4) is 0 Å². The van der Waals surface area contributed by atoms with Crippen LogP contribution >= 0.6 is 12.6 Å². The number of esters is 1. The first-order chi connectivity index (χ1) is 12.4. The number of fused-ring (bicyclic) bond motifs is 5. The molecule has 0 radical (unpaired) electrons. The number of carbonyl (C=O) groups excluding carboxylic acids is 1. The second kappa shape index (κ2) is 5.90. The summed E-state index contributed by atoms with van der Waals surface area (Å²) in [5, 5.41) is 0.572. The highest BCUT2D eigenvalue weighted by Crippen LogP contribution is 2.67. The summed E-state index contributed by atoms with van der Waals surface area (Å²) >= 11 is 4.79. The fraction of sp³-hybridized carbons (Fsp3) is 0.783. The standard InChI is InChI=1S/C23H32O2S/c1-22-9-7-16(26)12-15(22)3-4-17-19-6-5-18(14-11-21(24)25-13-14)23(19,2)10-8-20(17)22/h3,11,16-20,26H,4-10,12-13H2,1-2H3/t16-,17-,18+,19-,20-,22-,23+/m0/s1. The topological polar surface area (TPSA) is 26.3 Å². The quantitative estimate of drug-likeness (QED) is 0.382. The molecule has 3 fully saturated rings. The molecule has 1 heterocycles. The molecule has 3 heteroatoms. The SMILES string of the molecule is C[C@]12CC[C@H]3[C@@H](CC=C4C[C@@H](S)CC[C@@]43C)[C@@H]1CC[C@@H]2C1=CC(=O)OC1. The first-order valence-corrected chi connectivity index (χ1v) is 11.2. The summed E-state index contributed by atoms with van der Waals surface area (Å²) in [7, 11) is 0. The minimum atomic E-state index is -0.123. The lowest BCUT2D eigenvalue weighted by Crippen LogP contribution is -2.50. The van der Waals surface area contributed by atoms with Crippen LogP contribution in [-0.2, 0) is 9.53 Å². The van der Waals surface area contributed by atoms with Gasteiger partial charge in [0.1, 0.15) is 6.61 Å². The molecule has 0 aromatic heterocycles. The van der Waals surface area contributed by atoms with Gasteiger partial charge in [-0.1, -0.05) is 25.5 Å². The largest absolute Gasteiger partial charge is 0.458 e. The molecule has 0 unspecified atom stereocenters. The number of allylic oxidation sites excluding steroid dienone is 2. The average molecular weight is 373 g/mol. The first-order valence-electron chi connectivity index (χ1n) is 10.7. The predicted octanol–water partition coefficient (Wildman–Crippen LogP) is 5.35. The average Bonchev–Trinajstić information content (AvgIpc) is 3.18. The summed E-state index contributed by atoms with van der Waals surface area (Å²) in [4.78, 5) is 11.6. The molecule has 7 atom stereocenters. The van der Waals surface area contributed by atoms with E-state index in [1.807, 2.05) is 0 Å². The van der Waals surface area contributed by atoms with Crippen molar-refractivity contribution < 1.29 is 9.53 Å². The molecule has 0 N–H and O–H groups in total. The van der Waals surface area contributed by atoms with Gasteiger partial charge >= 0.3 is 5.97 Å². The van der Waals surface area contributed by atoms with Crippen LogP contribution in [0.2, 0.25) is 0 Å². The highest BCUT2D eigenvalue weighted by molar-refractivity contribution is 7.80. The van der Waals surface area contributed by atoms with Crippen molar-refractivity contribution in [2.45, 2.75) is 70.5 Å². The fourth-order valence-electron chi connectivity index (χ4n) is 7.84. The highest BCUT2D eigenvalue weighted by Gasteiger charge is 2.59. The summed E-state index contributed by atoms with van der Waals surface area (Å²) in [6, 6.07) is 0. The van der Waals surface area contributed by atoms with Gasteiger partial charge in [0.15, 0.2) is 0 Å². The van der Waals surface area contributed by atoms with Crippen molar-refractivity contribution in [2.75, 3.05) is 6.61 Å². The lowest BCUT2D eigenvalue weighted by atomic mass is 9.47. The molecular weight excluding hydrogens is 340 g/mol. The number of rotatable bonds is 1. The Morgan fingerprint density at radius 1 is 1.12 bits per heavy atom. The molecule has 5 rings (SSSR count). The molecule has 26 heavy (non-hydrogen) atoms. The number of cyclic esters (lactones) is 1. The maximum atomic E-state index is 11.6. The Labute approximate surface area is 163 Å². The number of hydrogen-bond acceptors (Lipinski definition) is 3. The van der Waals surface area contributed by atoms with Gasteiger partial charge in [0.05, 0.1) is 0 Å². The molecule has 0 saturated heterocycles. The molecule has 5 aliphatic rings. The Balaban J connectivity index is 1.45. The van der Waals surface area contributed by atoms with Crippen LogP contribution < -0.4 is 0 Å². The Bertz CT molecular complexity index is 694. The van der Waals surface area contributed by atoms with E-state index in [0.29, 0.717) is 28.6 Å². The zero-order chi connectivity index (χ0) is 18.1. The van der Waals surface area contributed by atoms with Crippen molar-refractivity contribution in [1.29, 1.82) is 0 Å². The Hall–Kier alpha value is -0.700. The second-order valence-electron chi connectivity index (χ2n) is 10.2. The third kappa shape index (κ3) is 2.34. The molecule has 0 amide bonds. The van der Waals surface area contributed by atoms with Crippen LogP contribution in [0.3, 0.4) is 0 Å². The van der Waals surface area contributed by atoms with Gasteiger partial charge in [-0.05, 0) is 91.4 Å². The molecule has 142 valence electrons. The summed E-state index contributed by atoms with van der Waals surface area (Å²) < 4.78 is 5.26. The molecule has 0 aromatic carbocycles. The van der Waals surface area contributed by atoms with E-state index in [2.05, 4.69) is 19.9 Å². The van der Waals surface area contributed by atoms with Crippen molar-refractivity contribution in [1.82, 2.24) is 0 Å². The zero-order valence-corrected chi connectivity index (χ0v) is 17.1. The van der Waals surface area contributed by atoms with Crippen molar-refractivity contribution in [3.63, 3.8) is 0 Å². The monoisotopic (exact) mass is 372 g/mol. The summed E-state index contributed by atoms with van der Waals surface area (Å²) in [6.45, 7) is 5.64. The van der Waals surface area contributed by atoms with Crippen LogP contribution in [-0.4, -0.2) is 17.8 Å². The van der Waals surface area contributed by atoms with Crippen LogP contribution in [0.5, 0.6) is 0 Å². The van der Waals surface area contributed by atoms with Crippen LogP contribution in [0.1, 0.15) is 65.2 Å². The lowest BCUT2D eigenvalue weighted by Gasteiger charge is -2.58. The van der Waals surface area contributed by atoms with Gasteiger partial charge in [0, 0.05) is 11.3 Å². The Morgan fingerprint density at radius 2 is 1.96 bits per heavy atom. The number of thiol groups is 1. The summed E-state index contributed by atoms with van der Waals surface area (Å²) in [5.41, 5.74) is 3.80. The van der Waals surface area contributed by atoms with E-state index in [0.717, 1.165) is 17.8 Å². The Kier molecular flexibility index (Phi) is 3.95. The van der Waals surface area contributed by atoms with Gasteiger partial charge in [-0.15, -0.1) is 0 Å². The molecule has 0 bridgehead atoms. The number of hydrogen-bond donors (Lipinski definition) is 1. The smallest absolute Gasteiger partial charge is 0.331 e. The summed E-state index contributed by atoms with van der Waals surface area (Å²) in [5.74, 6) is 2.94. The lowest BCUT2D eigenvalue weighted by molar-refractivity contribution is -0.135. The number of carbonyl (C=O) groups is 1. The molecule has 4 aliphatic carbocycles. The second-order valence-corrected chi connectivity index (χ2v) is 10.9. The normalized spacial score (nSPS) is 50.3. The van der Waals surface area contributed by atoms with Gasteiger partial charge in [-0.2, -0.15) is 12.6 Å². The fourth-order valence-corrected chi connectivity index (χ4v) is 8.17. The minimum absolute atomic E-state index is 0.123. The van der Waals surface area contributed by atoms with Crippen molar-refractivity contribution in [3.05, 3.63) is 23.3 Å². The van der Waals surface area contributed by atoms with E-state index >= 15 is 0 Å². The minimum Gasteiger partial charge on any atom is -0.458 e. The highest BCUT2D eigenvalue weighted by atomic mass is 32.1. The van der Waals surface area contributed by atoms with Gasteiger partial charge in [-0.3, -0.25) is 0 Å². The maximum Gasteiger partial charge on any atom is 0.331 e. The van der Waals surface area contributed by atoms with E-state index < -0.39 is 0 Å². The summed E-state index contributed by atoms with van der Waals surface area (Å²) in [6.07, 6.45) is 14.8. The van der Waals surface area contributed by atoms with Crippen molar-refractivity contribution in [2.24, 2.45) is 34.5 Å². The van der Waals surface area contributed by atoms with E-state index in [1.54, 1.807) is 11.6 Å². The van der Waals surface area contributed by atoms with Crippen molar-refractivity contribution >= 4 is 18.6 Å². The van der Waals surface area contributed by atoms with E-state index in [1.165, 1.54) is 56.9 Å². The number of ether oxygens (including phenoxy) is 1. The van der Waals surface area contributed by atoms with E-state index in [4.69, 9.17) is 17.4 Å². The Morgan fingerprint density at radius 3 is 2.73 bits per heavy atom. The van der Waals surface area contributed by atoms with Crippen LogP contribution in [0.4, 0.5) is 0 Å².